The van der Waals surface area contributed by atoms with E-state index in [4.69, 9.17) is 11.6 Å². The van der Waals surface area contributed by atoms with E-state index in [2.05, 4.69) is 61.6 Å². The van der Waals surface area contributed by atoms with Crippen molar-refractivity contribution in [2.24, 2.45) is 10.8 Å². The third-order valence-electron chi connectivity index (χ3n) is 21.3. The van der Waals surface area contributed by atoms with Gasteiger partial charge in [-0.2, -0.15) is 13.2 Å². The summed E-state index contributed by atoms with van der Waals surface area (Å²) in [5.41, 5.74) is 2.58. The highest BCUT2D eigenvalue weighted by molar-refractivity contribution is 7.99. The lowest BCUT2D eigenvalue weighted by atomic mass is 9.73. The Morgan fingerprint density at radius 1 is 0.785 bits per heavy atom. The number of nitrogens with zero attached hydrogens (tertiary/aromatic N) is 6. The fraction of sp³-hybridized carbons (Fsp3) is 0.494. The first-order valence-corrected chi connectivity index (χ1v) is 42.0. The molecule has 4 saturated heterocycles. The molecule has 0 saturated carbocycles. The van der Waals surface area contributed by atoms with Crippen LogP contribution in [-0.4, -0.2) is 183 Å². The van der Waals surface area contributed by atoms with Crippen LogP contribution in [0.1, 0.15) is 152 Å². The number of aromatic nitrogens is 1. The normalized spacial score (nSPS) is 20.2. The Labute approximate surface area is 640 Å². The van der Waals surface area contributed by atoms with Gasteiger partial charge in [-0.05, 0) is 159 Å². The first-order valence-electron chi connectivity index (χ1n) is 36.8. The second-order valence-electron chi connectivity index (χ2n) is 30.9. The molecule has 1 aromatic heterocycles. The first kappa shape index (κ1) is 80.6. The molecule has 6 aromatic rings. The van der Waals surface area contributed by atoms with Gasteiger partial charge in [0, 0.05) is 123 Å². The van der Waals surface area contributed by atoms with Crippen LogP contribution in [-0.2, 0) is 39.0 Å². The molecule has 107 heavy (non-hydrogen) atoms. The molecular formula is C79H98ClF3N10O10S4. The highest BCUT2D eigenvalue weighted by atomic mass is 35.5. The van der Waals surface area contributed by atoms with Gasteiger partial charge in [-0.3, -0.25) is 33.8 Å². The molecule has 5 aliphatic rings. The zero-order valence-corrected chi connectivity index (χ0v) is 65.7. The van der Waals surface area contributed by atoms with E-state index in [1.165, 1.54) is 45.5 Å². The predicted octanol–water partition coefficient (Wildman–Crippen LogP) is 12.9. The summed E-state index contributed by atoms with van der Waals surface area (Å²) in [5, 5.41) is 20.5. The number of nitrogens with one attached hydrogen (secondary N) is 4. The van der Waals surface area contributed by atoms with Crippen LogP contribution in [0.25, 0.3) is 16.0 Å². The quantitative estimate of drug-likeness (QED) is 0.0216. The number of β-amino-alcohol motifs (C(OH)–C–C–N with tert-alkyl or cyclic N) is 1. The fourth-order valence-corrected chi connectivity index (χ4v) is 19.2. The van der Waals surface area contributed by atoms with Gasteiger partial charge in [0.25, 0.3) is 25.8 Å². The largest absolute Gasteiger partial charge is 0.501 e. The number of alkyl halides is 3. The van der Waals surface area contributed by atoms with Crippen molar-refractivity contribution < 1.29 is 59.1 Å². The lowest BCUT2D eigenvalue weighted by Crippen LogP contribution is -2.57. The molecule has 0 unspecified atom stereocenters. The lowest BCUT2D eigenvalue weighted by Gasteiger charge is -2.39. The number of fused-ring (bicyclic) bond motifs is 2. The average Bonchev–Trinajstić information content (AvgIpc) is 0.831. The number of aryl methyl sites for hydroxylation is 1. The molecule has 4 aliphatic heterocycles. The topological polar surface area (TPSA) is 251 Å². The van der Waals surface area contributed by atoms with E-state index < -0.39 is 88.2 Å². The molecule has 0 radical (unpaired) electrons. The second-order valence-corrected chi connectivity index (χ2v) is 36.9. The molecule has 28 heteroatoms. The average molecular weight is 1570 g/mol. The number of sulfone groups is 1. The number of rotatable bonds is 29. The highest BCUT2D eigenvalue weighted by Crippen LogP contribution is 2.44. The number of carbonyl (C=O) groups excluding carboxylic acids is 5. The Morgan fingerprint density at radius 2 is 1.47 bits per heavy atom. The van der Waals surface area contributed by atoms with Crippen LogP contribution in [0.15, 0.2) is 147 Å². The first-order chi connectivity index (χ1) is 50.7. The maximum Gasteiger partial charge on any atom is 0.501 e. The van der Waals surface area contributed by atoms with Crippen LogP contribution in [0.3, 0.4) is 0 Å². The molecule has 2 bridgehead atoms. The van der Waals surface area contributed by atoms with Crippen LogP contribution in [0, 0.1) is 17.8 Å². The third-order valence-corrected chi connectivity index (χ3v) is 26.6. The molecule has 5 amide bonds. The highest BCUT2D eigenvalue weighted by Gasteiger charge is 2.50. The van der Waals surface area contributed by atoms with Gasteiger partial charge in [-0.25, -0.2) is 26.5 Å². The molecule has 11 rings (SSSR count). The molecule has 576 valence electrons. The van der Waals surface area contributed by atoms with Crippen LogP contribution >= 0.6 is 34.7 Å². The summed E-state index contributed by atoms with van der Waals surface area (Å²) >= 11 is 9.19. The monoisotopic (exact) mass is 1570 g/mol. The summed E-state index contributed by atoms with van der Waals surface area (Å²) in [4.78, 5) is 83.2. The SMILES string of the molecule is Cc1ncsc1-c1ccc([C@H](C)NC(=O)[C@@H]2C[C@@H](O)CN2C(=O)[C@@H](NC(=O)CCCCCCC(=O)N2C[C@@H]3C[C@H]2CN3CC[C@H](CSc2ccccc2)Nc2ccc(S(=O)(=O)NC(=O)c3ccc(N4CCN(CC5=C(c6ccc(Cl)cc6)CCC(C)(C)C5)CC4)cc3)cc2S(=O)(=O)C(F)(F)F)C(C)(C)C)cc1. The Balaban J connectivity index is 0.643. The number of hydrogen-bond acceptors (Lipinski definition) is 17. The Kier molecular flexibility index (Phi) is 25.8. The minimum Gasteiger partial charge on any atom is -0.391 e. The summed E-state index contributed by atoms with van der Waals surface area (Å²) < 4.78 is 101. The molecule has 1 aliphatic carbocycles. The molecule has 5 aromatic carbocycles. The zero-order chi connectivity index (χ0) is 76.8. The summed E-state index contributed by atoms with van der Waals surface area (Å²) in [6.45, 7) is 19.2. The number of carbonyl (C=O) groups is 5. The molecule has 5 N–H and O–H groups in total. The van der Waals surface area contributed by atoms with Crippen molar-refractivity contribution in [3.63, 3.8) is 0 Å². The van der Waals surface area contributed by atoms with E-state index in [0.717, 1.165) is 89.7 Å². The van der Waals surface area contributed by atoms with Crippen LogP contribution in [0.4, 0.5) is 24.5 Å². The lowest BCUT2D eigenvalue weighted by molar-refractivity contribution is -0.144. The standard InChI is InChI=1S/C79H98ClF3N10O10S4/c1-51(53-19-21-55(22-20-53)72-52(2)84-50-105-72)85-75(98)68-42-63(94)48-93(68)76(99)73(77(3,4)5)87-70(95)17-13-8-9-14-18-71(96)92-47-61-41-62(92)46-91(61)36-34-59(49-104-64-15-11-10-12-16-64)86-67-32-31-65(43-69(67)106(100,101)79(81,82)83)107(102,103)88-74(97)56-25-29-60(30-26-56)90-39-37-89(38-40-90)45-57-44-78(6,7)35-33-66(57)54-23-27-58(80)28-24-54/h10-12,15-16,19-32,43,50-51,59,61-63,68,73,86,94H,8-9,13-14,17-18,33-42,44-49H2,1-7H3,(H,85,98)(H,87,95)(H,88,97)/t51-,59+,61-,62-,63+,68-,73+/m0/s1. The number of halogens is 4. The van der Waals surface area contributed by atoms with Gasteiger partial charge in [0.05, 0.1) is 38.8 Å². The molecular weight excluding hydrogens is 1470 g/mol. The van der Waals surface area contributed by atoms with Crippen molar-refractivity contribution in [1.82, 2.24) is 39.9 Å². The number of benzene rings is 5. The predicted molar refractivity (Wildman–Crippen MR) is 414 cm³/mol. The number of aliphatic hydroxyl groups excluding tert-OH is 1. The zero-order valence-electron chi connectivity index (χ0n) is 61.7. The van der Waals surface area contributed by atoms with Crippen molar-refractivity contribution >= 4 is 101 Å². The molecule has 0 spiro atoms. The number of thiazole rings is 1. The molecule has 20 nitrogen and oxygen atoms in total. The van der Waals surface area contributed by atoms with E-state index >= 15 is 0 Å². The maximum atomic E-state index is 14.6. The van der Waals surface area contributed by atoms with Crippen molar-refractivity contribution in [3.8, 4) is 10.4 Å². The van der Waals surface area contributed by atoms with Crippen molar-refractivity contribution in [3.05, 3.63) is 160 Å². The minimum atomic E-state index is -6.18. The smallest absolute Gasteiger partial charge is 0.391 e. The molecule has 5 heterocycles. The fourth-order valence-electron chi connectivity index (χ4n) is 15.3. The number of piperazine rings is 2. The molecule has 4 fully saturated rings. The number of likely N-dealkylation sites (tertiary alicyclic amines) is 3. The number of allylic oxidation sites excluding steroid dienone is 1. The number of thioether (sulfide) groups is 1. The van der Waals surface area contributed by atoms with Crippen molar-refractivity contribution in [1.29, 1.82) is 0 Å². The summed E-state index contributed by atoms with van der Waals surface area (Å²) in [7, 11) is -11.1. The van der Waals surface area contributed by atoms with E-state index in [1.807, 2.05) is 111 Å². The van der Waals surface area contributed by atoms with Crippen LogP contribution < -0.4 is 25.6 Å². The van der Waals surface area contributed by atoms with Crippen LogP contribution in [0.5, 0.6) is 0 Å². The van der Waals surface area contributed by atoms with Crippen molar-refractivity contribution in [2.75, 3.05) is 74.9 Å². The van der Waals surface area contributed by atoms with Crippen molar-refractivity contribution in [2.45, 2.75) is 188 Å². The number of sulfonamides is 1. The number of hydrogen-bond donors (Lipinski definition) is 5. The van der Waals surface area contributed by atoms with Gasteiger partial charge in [-0.1, -0.05) is 119 Å². The van der Waals surface area contributed by atoms with E-state index in [-0.39, 0.29) is 66.1 Å². The van der Waals surface area contributed by atoms with Gasteiger partial charge in [-0.15, -0.1) is 23.1 Å². The third kappa shape index (κ3) is 20.2. The van der Waals surface area contributed by atoms with E-state index in [0.29, 0.717) is 82.3 Å². The minimum absolute atomic E-state index is 0.00319. The maximum absolute atomic E-state index is 14.6. The van der Waals surface area contributed by atoms with Gasteiger partial charge in [0.1, 0.15) is 17.0 Å². The van der Waals surface area contributed by atoms with Gasteiger partial charge in [0.2, 0.25) is 23.6 Å². The van der Waals surface area contributed by atoms with Gasteiger partial charge >= 0.3 is 5.51 Å². The summed E-state index contributed by atoms with van der Waals surface area (Å²) in [6.07, 6.45) is 6.18. The Hall–Kier alpha value is -7.37. The number of aliphatic hydroxyl groups is 1. The summed E-state index contributed by atoms with van der Waals surface area (Å²) in [6, 6.07) is 30.9. The van der Waals surface area contributed by atoms with Crippen LogP contribution in [0.2, 0.25) is 5.02 Å². The Bertz CT molecular complexity index is 4420. The number of amides is 5. The van der Waals surface area contributed by atoms with Gasteiger partial charge < -0.3 is 35.8 Å². The van der Waals surface area contributed by atoms with E-state index in [9.17, 15) is 59.1 Å². The summed E-state index contributed by atoms with van der Waals surface area (Å²) in [5.74, 6) is -1.94. The van der Waals surface area contributed by atoms with Gasteiger partial charge in [0.15, 0.2) is 0 Å². The number of anilines is 2. The Morgan fingerprint density at radius 3 is 2.11 bits per heavy atom. The molecule has 7 atom stereocenters. The second kappa shape index (κ2) is 34.3. The number of unbranched alkanes of at least 4 members (excludes halogenated alkanes) is 3. The van der Waals surface area contributed by atoms with E-state index in [1.54, 1.807) is 29.0 Å².